The Morgan fingerprint density at radius 2 is 1.70 bits per heavy atom. The summed E-state index contributed by atoms with van der Waals surface area (Å²) in [5, 5.41) is 0.143. The lowest BCUT2D eigenvalue weighted by atomic mass is 9.81. The first-order valence-corrected chi connectivity index (χ1v) is 13.7. The van der Waals surface area contributed by atoms with Gasteiger partial charge in [0.2, 0.25) is 0 Å². The van der Waals surface area contributed by atoms with Crippen molar-refractivity contribution in [3.05, 3.63) is 81.9 Å². The molecule has 1 unspecified atom stereocenters. The van der Waals surface area contributed by atoms with Crippen LogP contribution in [0.15, 0.2) is 53.5 Å². The number of carbonyl (C=O) groups is 1. The molecular weight excluding hydrogens is 519 g/mol. The lowest BCUT2D eigenvalue weighted by Gasteiger charge is -2.27. The van der Waals surface area contributed by atoms with Gasteiger partial charge in [0, 0.05) is 35.1 Å². The third-order valence-corrected chi connectivity index (χ3v) is 6.84. The van der Waals surface area contributed by atoms with Gasteiger partial charge in [-0.1, -0.05) is 31.5 Å². The predicted molar refractivity (Wildman–Crippen MR) is 140 cm³/mol. The van der Waals surface area contributed by atoms with Crippen molar-refractivity contribution >= 4 is 33.6 Å². The van der Waals surface area contributed by atoms with Crippen molar-refractivity contribution in [1.82, 2.24) is 9.88 Å². The number of carbonyl (C=O) groups excluding carboxylic acids is 1. The van der Waals surface area contributed by atoms with Gasteiger partial charge >= 0.3 is 10.1 Å². The average Bonchev–Trinajstić information content (AvgIpc) is 3.07. The molecule has 0 saturated carbocycles. The fourth-order valence-corrected chi connectivity index (χ4v) is 4.99. The third-order valence-electron chi connectivity index (χ3n) is 6.13. The van der Waals surface area contributed by atoms with E-state index >= 15 is 4.39 Å². The molecule has 0 bridgehead atoms. The van der Waals surface area contributed by atoms with Crippen LogP contribution in [0.3, 0.4) is 0 Å². The minimum Gasteiger partial charge on any atom is -0.383 e. The number of pyridine rings is 1. The molecule has 1 aromatic heterocycles. The zero-order valence-electron chi connectivity index (χ0n) is 20.7. The van der Waals surface area contributed by atoms with Crippen LogP contribution >= 0.6 is 11.6 Å². The van der Waals surface area contributed by atoms with E-state index in [-0.39, 0.29) is 27.9 Å². The van der Waals surface area contributed by atoms with Crippen molar-refractivity contribution in [2.45, 2.75) is 32.2 Å². The van der Waals surface area contributed by atoms with Crippen molar-refractivity contribution in [3.63, 3.8) is 0 Å². The molecule has 1 atom stereocenters. The van der Waals surface area contributed by atoms with Crippen molar-refractivity contribution < 1.29 is 21.8 Å². The summed E-state index contributed by atoms with van der Waals surface area (Å²) in [6, 6.07) is 12.0. The van der Waals surface area contributed by atoms with Crippen LogP contribution in [-0.2, 0) is 33.3 Å². The highest BCUT2D eigenvalue weighted by Crippen LogP contribution is 2.42. The second-order valence-corrected chi connectivity index (χ2v) is 10.8. The Kier molecular flexibility index (Phi) is 7.00. The van der Waals surface area contributed by atoms with Crippen LogP contribution in [0.2, 0.25) is 5.02 Å². The van der Waals surface area contributed by atoms with Crippen molar-refractivity contribution in [1.29, 1.82) is 0 Å². The number of aliphatic imine (C=N–C) groups is 1. The van der Waals surface area contributed by atoms with Gasteiger partial charge < -0.3 is 9.92 Å². The van der Waals surface area contributed by atoms with E-state index in [1.165, 1.54) is 48.3 Å². The fourth-order valence-electron chi connectivity index (χ4n) is 4.32. The number of nitrogens with two attached hydrogens (primary N) is 1. The van der Waals surface area contributed by atoms with Crippen molar-refractivity contribution in [2.24, 2.45) is 10.7 Å². The average molecular weight is 545 g/mol. The number of likely N-dealkylation sites (N-methyl/N-ethyl adjacent to an activating group) is 1. The van der Waals surface area contributed by atoms with Gasteiger partial charge in [0.25, 0.3) is 5.91 Å². The fraction of sp³-hybridized carbons (Fsp3) is 0.269. The molecule has 2 N–H and O–H groups in total. The molecule has 4 rings (SSSR count). The van der Waals surface area contributed by atoms with Crippen LogP contribution < -0.4 is 9.92 Å². The van der Waals surface area contributed by atoms with Crippen LogP contribution in [0.5, 0.6) is 5.75 Å². The molecule has 0 aliphatic carbocycles. The minimum atomic E-state index is -3.84. The largest absolute Gasteiger partial charge is 0.383 e. The predicted octanol–water partition coefficient (Wildman–Crippen LogP) is 4.03. The summed E-state index contributed by atoms with van der Waals surface area (Å²) in [6.45, 7) is 3.92. The van der Waals surface area contributed by atoms with E-state index < -0.39 is 27.4 Å². The molecule has 194 valence electrons. The highest BCUT2D eigenvalue weighted by molar-refractivity contribution is 7.86. The summed E-state index contributed by atoms with van der Waals surface area (Å²) in [5.74, 6) is -1.06. The van der Waals surface area contributed by atoms with Gasteiger partial charge in [-0.2, -0.15) is 8.42 Å². The molecule has 0 fully saturated rings. The number of aromatic nitrogens is 1. The third kappa shape index (κ3) is 5.03. The van der Waals surface area contributed by atoms with Crippen LogP contribution in [0, 0.1) is 5.82 Å². The van der Waals surface area contributed by atoms with Crippen LogP contribution in [0.25, 0.3) is 11.1 Å². The van der Waals surface area contributed by atoms with E-state index in [1.807, 2.05) is 26.0 Å². The number of hydrogen-bond acceptors (Lipinski definition) is 7. The topological polar surface area (TPSA) is 115 Å². The number of rotatable bonds is 7. The first kappa shape index (κ1) is 26.6. The standard InChI is InChI=1S/C26H26ClFN4O4S/c1-5-19-11-17(12-20(6-2)30-19)26(24(33)32(3)25(29)31-26)16-7-8-23(28)22(13-16)15-9-18(27)14-21(10-15)36-37(4,34)35/h7-14H,5-6H2,1-4H3,(H2,29,31). The van der Waals surface area contributed by atoms with Gasteiger partial charge in [-0.05, 0) is 65.9 Å². The zero-order chi connectivity index (χ0) is 27.1. The number of aryl methyl sites for hydroxylation is 2. The first-order valence-electron chi connectivity index (χ1n) is 11.5. The van der Waals surface area contributed by atoms with E-state index in [9.17, 15) is 13.2 Å². The summed E-state index contributed by atoms with van der Waals surface area (Å²) >= 11 is 6.20. The van der Waals surface area contributed by atoms with Crippen molar-refractivity contribution in [3.8, 4) is 16.9 Å². The molecule has 37 heavy (non-hydrogen) atoms. The maximum atomic E-state index is 15.2. The normalized spacial score (nSPS) is 17.7. The molecule has 1 aliphatic heterocycles. The molecule has 0 saturated heterocycles. The molecular formula is C26H26ClFN4O4S. The molecule has 2 aromatic carbocycles. The number of amides is 1. The summed E-state index contributed by atoms with van der Waals surface area (Å²) in [6.07, 6.45) is 2.17. The van der Waals surface area contributed by atoms with Gasteiger partial charge in [-0.25, -0.2) is 9.38 Å². The maximum Gasteiger partial charge on any atom is 0.306 e. The lowest BCUT2D eigenvalue weighted by Crippen LogP contribution is -2.41. The van der Waals surface area contributed by atoms with Crippen LogP contribution in [0.1, 0.15) is 36.4 Å². The molecule has 1 amide bonds. The lowest BCUT2D eigenvalue weighted by molar-refractivity contribution is -0.129. The summed E-state index contributed by atoms with van der Waals surface area (Å²) in [5.41, 5.74) is 7.39. The second kappa shape index (κ2) is 9.75. The van der Waals surface area contributed by atoms with Gasteiger partial charge in [0.05, 0.1) is 6.26 Å². The Bertz CT molecular complexity index is 1520. The Morgan fingerprint density at radius 3 is 2.24 bits per heavy atom. The summed E-state index contributed by atoms with van der Waals surface area (Å²) in [7, 11) is -2.31. The molecule has 2 heterocycles. The van der Waals surface area contributed by atoms with Gasteiger partial charge in [-0.3, -0.25) is 14.7 Å². The number of guanidine groups is 1. The molecule has 3 aromatic rings. The monoisotopic (exact) mass is 544 g/mol. The zero-order valence-corrected chi connectivity index (χ0v) is 22.3. The number of benzene rings is 2. The smallest absolute Gasteiger partial charge is 0.306 e. The van der Waals surface area contributed by atoms with Gasteiger partial charge in [-0.15, -0.1) is 0 Å². The van der Waals surface area contributed by atoms with Crippen molar-refractivity contribution in [2.75, 3.05) is 13.3 Å². The highest BCUT2D eigenvalue weighted by Gasteiger charge is 2.50. The minimum absolute atomic E-state index is 0.0235. The van der Waals surface area contributed by atoms with E-state index in [1.54, 1.807) is 0 Å². The first-order chi connectivity index (χ1) is 17.4. The molecule has 0 spiro atoms. The Labute approximate surface area is 220 Å². The molecule has 0 radical (unpaired) electrons. The number of halogens is 2. The van der Waals surface area contributed by atoms with E-state index in [4.69, 9.17) is 21.5 Å². The van der Waals surface area contributed by atoms with E-state index in [2.05, 4.69) is 9.98 Å². The Balaban J connectivity index is 1.97. The number of nitrogens with zero attached hydrogens (tertiary/aromatic N) is 3. The Morgan fingerprint density at radius 1 is 1.05 bits per heavy atom. The molecule has 8 nitrogen and oxygen atoms in total. The van der Waals surface area contributed by atoms with E-state index in [0.29, 0.717) is 24.0 Å². The van der Waals surface area contributed by atoms with Crippen LogP contribution in [0.4, 0.5) is 4.39 Å². The quantitative estimate of drug-likeness (QED) is 0.449. The Hall–Kier alpha value is -3.50. The maximum absolute atomic E-state index is 15.2. The van der Waals surface area contributed by atoms with Gasteiger partial charge in [0.15, 0.2) is 11.5 Å². The highest BCUT2D eigenvalue weighted by atomic mass is 35.5. The molecule has 1 aliphatic rings. The summed E-state index contributed by atoms with van der Waals surface area (Å²) in [4.78, 5) is 24.2. The van der Waals surface area contributed by atoms with Crippen LogP contribution in [-0.4, -0.2) is 43.5 Å². The van der Waals surface area contributed by atoms with Gasteiger partial charge in [0.1, 0.15) is 11.6 Å². The SMILES string of the molecule is CCc1cc(C2(c3ccc(F)c(-c4cc(Cl)cc(OS(C)(=O)=O)c4)c3)N=C(N)N(C)C2=O)cc(CC)n1. The molecule has 11 heteroatoms. The second-order valence-electron chi connectivity index (χ2n) is 8.75. The number of hydrogen-bond donors (Lipinski definition) is 1. The van der Waals surface area contributed by atoms with E-state index in [0.717, 1.165) is 17.6 Å². The summed E-state index contributed by atoms with van der Waals surface area (Å²) < 4.78 is 43.4.